The summed E-state index contributed by atoms with van der Waals surface area (Å²) in [5.74, 6) is 0.792. The molecule has 0 saturated carbocycles. The van der Waals surface area contributed by atoms with Gasteiger partial charge in [-0.25, -0.2) is 0 Å². The lowest BCUT2D eigenvalue weighted by atomic mass is 9.79. The Bertz CT molecular complexity index is 1010. The van der Waals surface area contributed by atoms with Crippen molar-refractivity contribution >= 4 is 11.4 Å². The monoisotopic (exact) mass is 516 g/mol. The molecule has 3 rings (SSSR count). The SMILES string of the molecule is CC(C)(C)c1cc(N2CC[NH+](c3cc(C(C)(C)C)cc(C(C)(C)C)c3O)C2)c(O)c(C(C)(C)C)c1.[Cl-]. The number of phenolic OH excluding ortho intramolecular Hbond substituents is 2. The zero-order valence-corrected chi connectivity index (χ0v) is 25.4. The molecule has 4 nitrogen and oxygen atoms in total. The second kappa shape index (κ2) is 9.76. The number of benzene rings is 2. The molecule has 3 N–H and O–H groups in total. The van der Waals surface area contributed by atoms with Gasteiger partial charge >= 0.3 is 0 Å². The summed E-state index contributed by atoms with van der Waals surface area (Å²) in [7, 11) is 0. The molecule has 2 aromatic rings. The lowest BCUT2D eigenvalue weighted by Crippen LogP contribution is -3.05. The van der Waals surface area contributed by atoms with E-state index in [2.05, 4.69) is 112 Å². The van der Waals surface area contributed by atoms with Crippen LogP contribution < -0.4 is 22.2 Å². The smallest absolute Gasteiger partial charge is 0.181 e. The maximum Gasteiger partial charge on any atom is 0.181 e. The molecular weight excluding hydrogens is 468 g/mol. The van der Waals surface area contributed by atoms with Gasteiger partial charge in [0.25, 0.3) is 0 Å². The lowest BCUT2D eigenvalue weighted by molar-refractivity contribution is -0.817. The first-order valence-electron chi connectivity index (χ1n) is 13.1. The molecule has 36 heavy (non-hydrogen) atoms. The van der Waals surface area contributed by atoms with Gasteiger partial charge < -0.3 is 27.5 Å². The van der Waals surface area contributed by atoms with E-state index in [0.29, 0.717) is 18.2 Å². The Labute approximate surface area is 226 Å². The Morgan fingerprint density at radius 2 is 1.08 bits per heavy atom. The van der Waals surface area contributed by atoms with E-state index >= 15 is 0 Å². The van der Waals surface area contributed by atoms with Gasteiger partial charge in [-0.05, 0) is 38.9 Å². The first-order chi connectivity index (χ1) is 15.7. The van der Waals surface area contributed by atoms with Crippen molar-refractivity contribution in [3.05, 3.63) is 46.5 Å². The molecule has 0 radical (unpaired) electrons. The second-order valence-corrected chi connectivity index (χ2v) is 14.6. The number of quaternary nitrogens is 1. The minimum absolute atomic E-state index is 0. The fourth-order valence-electron chi connectivity index (χ4n) is 4.86. The average molecular weight is 517 g/mol. The van der Waals surface area contributed by atoms with Crippen molar-refractivity contribution in [3.8, 4) is 11.5 Å². The van der Waals surface area contributed by atoms with Crippen LogP contribution in [0.1, 0.15) is 105 Å². The van der Waals surface area contributed by atoms with Crippen molar-refractivity contribution in [1.29, 1.82) is 0 Å². The maximum absolute atomic E-state index is 11.4. The highest BCUT2D eigenvalue weighted by Gasteiger charge is 2.35. The van der Waals surface area contributed by atoms with Gasteiger partial charge in [0.2, 0.25) is 0 Å². The molecule has 1 fully saturated rings. The van der Waals surface area contributed by atoms with Crippen molar-refractivity contribution in [2.75, 3.05) is 24.7 Å². The van der Waals surface area contributed by atoms with Crippen LogP contribution in [-0.4, -0.2) is 30.0 Å². The van der Waals surface area contributed by atoms with Crippen LogP contribution in [0.15, 0.2) is 24.3 Å². The fourth-order valence-corrected chi connectivity index (χ4v) is 4.86. The molecule has 2 aromatic carbocycles. The molecule has 0 spiro atoms. The van der Waals surface area contributed by atoms with Crippen molar-refractivity contribution in [1.82, 2.24) is 0 Å². The van der Waals surface area contributed by atoms with E-state index in [1.807, 2.05) is 0 Å². The van der Waals surface area contributed by atoms with Crippen LogP contribution in [0, 0.1) is 0 Å². The van der Waals surface area contributed by atoms with Crippen LogP contribution in [-0.2, 0) is 21.7 Å². The number of rotatable bonds is 2. The summed E-state index contributed by atoms with van der Waals surface area (Å²) in [5, 5.41) is 22.8. The number of anilines is 1. The van der Waals surface area contributed by atoms with Crippen LogP contribution in [0.4, 0.5) is 11.4 Å². The standard InChI is InChI=1S/C31H48N2O2.ClH/c1-28(2,3)20-15-22(30(7,8)9)26(34)24(17-20)32-13-14-33(19-32)25-18-21(29(4,5)6)16-23(27(25)35)31(10,11)12;/h15-18,34-35H,13-14,19H2,1-12H3;1H. The molecule has 1 saturated heterocycles. The number of hydrogen-bond donors (Lipinski definition) is 3. The summed E-state index contributed by atoms with van der Waals surface area (Å²) in [6, 6.07) is 8.71. The van der Waals surface area contributed by atoms with Crippen LogP contribution >= 0.6 is 0 Å². The van der Waals surface area contributed by atoms with Gasteiger partial charge in [-0.1, -0.05) is 95.2 Å². The van der Waals surface area contributed by atoms with Gasteiger partial charge in [-0.15, -0.1) is 0 Å². The lowest BCUT2D eigenvalue weighted by Gasteiger charge is -2.30. The van der Waals surface area contributed by atoms with Crippen LogP contribution in [0.25, 0.3) is 0 Å². The highest BCUT2D eigenvalue weighted by atomic mass is 35.5. The van der Waals surface area contributed by atoms with Crippen LogP contribution in [0.5, 0.6) is 11.5 Å². The molecule has 202 valence electrons. The number of aromatic hydroxyl groups is 2. The van der Waals surface area contributed by atoms with E-state index in [1.165, 1.54) is 16.0 Å². The molecule has 0 amide bonds. The van der Waals surface area contributed by atoms with E-state index in [9.17, 15) is 10.2 Å². The van der Waals surface area contributed by atoms with E-state index < -0.39 is 0 Å². The molecular formula is C31H49ClN2O2. The Morgan fingerprint density at radius 3 is 1.53 bits per heavy atom. The van der Waals surface area contributed by atoms with Crippen molar-refractivity contribution in [2.24, 2.45) is 0 Å². The highest BCUT2D eigenvalue weighted by molar-refractivity contribution is 5.65. The summed E-state index contributed by atoms with van der Waals surface area (Å²) < 4.78 is 0. The van der Waals surface area contributed by atoms with Crippen LogP contribution in [0.3, 0.4) is 0 Å². The largest absolute Gasteiger partial charge is 1.00 e. The van der Waals surface area contributed by atoms with Gasteiger partial charge in [0, 0.05) is 17.2 Å². The highest BCUT2D eigenvalue weighted by Crippen LogP contribution is 2.43. The van der Waals surface area contributed by atoms with E-state index in [4.69, 9.17) is 0 Å². The summed E-state index contributed by atoms with van der Waals surface area (Å²) in [5.41, 5.74) is 5.99. The first kappa shape index (κ1) is 30.3. The number of hydrogen-bond acceptors (Lipinski definition) is 3. The Morgan fingerprint density at radius 1 is 0.639 bits per heavy atom. The van der Waals surface area contributed by atoms with E-state index in [0.717, 1.165) is 35.6 Å². The number of halogens is 1. The molecule has 1 aliphatic rings. The molecule has 1 unspecified atom stereocenters. The number of nitrogens with one attached hydrogen (secondary N) is 1. The molecule has 1 atom stereocenters. The van der Waals surface area contributed by atoms with E-state index in [-0.39, 0.29) is 34.1 Å². The van der Waals surface area contributed by atoms with Gasteiger partial charge in [0.1, 0.15) is 12.3 Å². The summed E-state index contributed by atoms with van der Waals surface area (Å²) >= 11 is 0. The molecule has 1 aliphatic heterocycles. The van der Waals surface area contributed by atoms with Gasteiger partial charge in [0.15, 0.2) is 18.1 Å². The Hall–Kier alpha value is -1.91. The fraction of sp³-hybridized carbons (Fsp3) is 0.613. The minimum atomic E-state index is -0.159. The summed E-state index contributed by atoms with van der Waals surface area (Å²) in [6.45, 7) is 28.7. The predicted octanol–water partition coefficient (Wildman–Crippen LogP) is 3.29. The molecule has 0 aromatic heterocycles. The number of phenols is 2. The Kier molecular flexibility index (Phi) is 8.22. The molecule has 0 bridgehead atoms. The third kappa shape index (κ3) is 6.14. The quantitative estimate of drug-likeness (QED) is 0.537. The van der Waals surface area contributed by atoms with Gasteiger partial charge in [-0.2, -0.15) is 0 Å². The molecule has 1 heterocycles. The first-order valence-corrected chi connectivity index (χ1v) is 13.1. The van der Waals surface area contributed by atoms with Crippen molar-refractivity contribution in [3.63, 3.8) is 0 Å². The van der Waals surface area contributed by atoms with E-state index in [1.54, 1.807) is 0 Å². The normalized spacial score (nSPS) is 17.3. The summed E-state index contributed by atoms with van der Waals surface area (Å²) in [6.07, 6.45) is 0. The average Bonchev–Trinajstić information content (AvgIpc) is 3.14. The minimum Gasteiger partial charge on any atom is -1.00 e. The molecule has 0 aliphatic carbocycles. The van der Waals surface area contributed by atoms with Gasteiger partial charge in [-0.3, -0.25) is 4.90 Å². The number of nitrogens with zero attached hydrogens (tertiary/aromatic N) is 1. The van der Waals surface area contributed by atoms with Crippen molar-refractivity contribution < 1.29 is 27.5 Å². The maximum atomic E-state index is 11.4. The third-order valence-corrected chi connectivity index (χ3v) is 7.33. The zero-order valence-electron chi connectivity index (χ0n) is 24.7. The Balaban J connectivity index is 0.00000456. The topological polar surface area (TPSA) is 48.1 Å². The van der Waals surface area contributed by atoms with Gasteiger partial charge in [0.05, 0.1) is 12.2 Å². The summed E-state index contributed by atoms with van der Waals surface area (Å²) in [4.78, 5) is 3.52. The van der Waals surface area contributed by atoms with Crippen LogP contribution in [0.2, 0.25) is 0 Å². The third-order valence-electron chi connectivity index (χ3n) is 7.33. The molecule has 5 heteroatoms. The predicted molar refractivity (Wildman–Crippen MR) is 149 cm³/mol. The second-order valence-electron chi connectivity index (χ2n) is 14.6. The zero-order chi connectivity index (χ0) is 26.7. The van der Waals surface area contributed by atoms with Crippen molar-refractivity contribution in [2.45, 2.75) is 105 Å².